The summed E-state index contributed by atoms with van der Waals surface area (Å²) in [7, 11) is 0. The Morgan fingerprint density at radius 2 is 2.19 bits per heavy atom. The van der Waals surface area contributed by atoms with Gasteiger partial charge in [0.05, 0.1) is 0 Å². The molecule has 0 unspecified atom stereocenters. The molecule has 0 aliphatic rings. The lowest BCUT2D eigenvalue weighted by Gasteiger charge is -2.04. The number of hydrogen-bond acceptors (Lipinski definition) is 3. The molecule has 0 radical (unpaired) electrons. The Morgan fingerprint density at radius 1 is 1.31 bits per heavy atom. The molecule has 0 saturated carbocycles. The number of aromatic nitrogens is 1. The Balaban J connectivity index is 2.03. The van der Waals surface area contributed by atoms with Crippen molar-refractivity contribution in [2.24, 2.45) is 0 Å². The van der Waals surface area contributed by atoms with Crippen molar-refractivity contribution in [1.29, 1.82) is 0 Å². The van der Waals surface area contributed by atoms with Crippen molar-refractivity contribution in [3.63, 3.8) is 0 Å². The Morgan fingerprint density at radius 3 is 2.88 bits per heavy atom. The molecule has 2 N–H and O–H groups in total. The summed E-state index contributed by atoms with van der Waals surface area (Å²) in [6.45, 7) is 2.03. The summed E-state index contributed by atoms with van der Waals surface area (Å²) >= 11 is 1.80. The maximum atomic E-state index is 5.78. The van der Waals surface area contributed by atoms with Crippen LogP contribution in [-0.2, 0) is 5.75 Å². The highest BCUT2D eigenvalue weighted by Crippen LogP contribution is 2.25. The van der Waals surface area contributed by atoms with E-state index in [-0.39, 0.29) is 0 Å². The number of benzene rings is 1. The highest BCUT2D eigenvalue weighted by atomic mass is 32.2. The van der Waals surface area contributed by atoms with Gasteiger partial charge in [0.1, 0.15) is 0 Å². The van der Waals surface area contributed by atoms with Gasteiger partial charge in [0.15, 0.2) is 0 Å². The first-order chi connectivity index (χ1) is 7.75. The highest BCUT2D eigenvalue weighted by Gasteiger charge is 1.98. The first kappa shape index (κ1) is 11.0. The number of nitrogen functional groups attached to an aromatic ring is 1. The molecule has 2 rings (SSSR count). The summed E-state index contributed by atoms with van der Waals surface area (Å²) in [6.07, 6.45) is 3.69. The lowest BCUT2D eigenvalue weighted by atomic mass is 10.2. The molecule has 0 atom stereocenters. The Kier molecular flexibility index (Phi) is 3.47. The van der Waals surface area contributed by atoms with E-state index in [1.54, 1.807) is 18.0 Å². The van der Waals surface area contributed by atoms with E-state index in [4.69, 9.17) is 5.73 Å². The zero-order valence-electron chi connectivity index (χ0n) is 9.18. The highest BCUT2D eigenvalue weighted by molar-refractivity contribution is 7.98. The Labute approximate surface area is 99.9 Å². The molecule has 1 heterocycles. The molecule has 2 nitrogen and oxygen atoms in total. The number of rotatable bonds is 3. The molecule has 1 aromatic carbocycles. The van der Waals surface area contributed by atoms with Gasteiger partial charge in [0, 0.05) is 28.7 Å². The first-order valence-corrected chi connectivity index (χ1v) is 6.12. The van der Waals surface area contributed by atoms with Gasteiger partial charge < -0.3 is 5.73 Å². The van der Waals surface area contributed by atoms with E-state index in [1.165, 1.54) is 10.5 Å². The zero-order chi connectivity index (χ0) is 11.4. The standard InChI is InChI=1S/C13H14N2S/c1-10-7-12(4-5-13(10)14)16-9-11-3-2-6-15-8-11/h2-8H,9,14H2,1H3. The van der Waals surface area contributed by atoms with Crippen LogP contribution in [0.5, 0.6) is 0 Å². The largest absolute Gasteiger partial charge is 0.399 e. The third-order valence-corrected chi connectivity index (χ3v) is 3.43. The van der Waals surface area contributed by atoms with E-state index in [2.05, 4.69) is 23.2 Å². The molecule has 0 aliphatic carbocycles. The van der Waals surface area contributed by atoms with Crippen LogP contribution in [0.1, 0.15) is 11.1 Å². The van der Waals surface area contributed by atoms with Gasteiger partial charge in [-0.3, -0.25) is 4.98 Å². The van der Waals surface area contributed by atoms with Crippen molar-refractivity contribution in [3.05, 3.63) is 53.9 Å². The van der Waals surface area contributed by atoms with Crippen molar-refractivity contribution in [3.8, 4) is 0 Å². The molecule has 0 spiro atoms. The van der Waals surface area contributed by atoms with Crippen LogP contribution in [0.15, 0.2) is 47.6 Å². The van der Waals surface area contributed by atoms with Crippen molar-refractivity contribution >= 4 is 17.4 Å². The van der Waals surface area contributed by atoms with E-state index in [0.29, 0.717) is 0 Å². The molecule has 1 aromatic heterocycles. The van der Waals surface area contributed by atoms with Gasteiger partial charge >= 0.3 is 0 Å². The van der Waals surface area contributed by atoms with Crippen LogP contribution in [0.3, 0.4) is 0 Å². The van der Waals surface area contributed by atoms with Gasteiger partial charge in [0.2, 0.25) is 0 Å². The molecule has 0 bridgehead atoms. The maximum absolute atomic E-state index is 5.78. The van der Waals surface area contributed by atoms with E-state index in [0.717, 1.165) is 17.0 Å². The summed E-state index contributed by atoms with van der Waals surface area (Å²) in [6, 6.07) is 10.2. The van der Waals surface area contributed by atoms with Crippen molar-refractivity contribution < 1.29 is 0 Å². The normalized spacial score (nSPS) is 10.3. The van der Waals surface area contributed by atoms with Gasteiger partial charge in [-0.25, -0.2) is 0 Å². The van der Waals surface area contributed by atoms with Crippen LogP contribution in [0, 0.1) is 6.92 Å². The van der Waals surface area contributed by atoms with Gasteiger partial charge in [-0.15, -0.1) is 11.8 Å². The number of pyridine rings is 1. The third-order valence-electron chi connectivity index (χ3n) is 2.37. The fourth-order valence-corrected chi connectivity index (χ4v) is 2.32. The Bertz CT molecular complexity index is 469. The minimum absolute atomic E-state index is 0.853. The topological polar surface area (TPSA) is 38.9 Å². The average molecular weight is 230 g/mol. The second kappa shape index (κ2) is 5.03. The van der Waals surface area contributed by atoms with Crippen LogP contribution in [-0.4, -0.2) is 4.98 Å². The minimum Gasteiger partial charge on any atom is -0.399 e. The van der Waals surface area contributed by atoms with Crippen molar-refractivity contribution in [1.82, 2.24) is 4.98 Å². The molecule has 3 heteroatoms. The molecule has 0 fully saturated rings. The summed E-state index contributed by atoms with van der Waals surface area (Å²) in [4.78, 5) is 5.34. The molecular formula is C13H14N2S. The third kappa shape index (κ3) is 2.76. The zero-order valence-corrected chi connectivity index (χ0v) is 10.00. The van der Waals surface area contributed by atoms with Crippen molar-refractivity contribution in [2.45, 2.75) is 17.6 Å². The number of anilines is 1. The molecule has 16 heavy (non-hydrogen) atoms. The van der Waals surface area contributed by atoms with Gasteiger partial charge in [-0.05, 0) is 42.3 Å². The van der Waals surface area contributed by atoms with Crippen LogP contribution < -0.4 is 5.73 Å². The maximum Gasteiger partial charge on any atom is 0.0344 e. The summed E-state index contributed by atoms with van der Waals surface area (Å²) in [5.41, 5.74) is 9.00. The van der Waals surface area contributed by atoms with Gasteiger partial charge in [0.25, 0.3) is 0 Å². The van der Waals surface area contributed by atoms with Gasteiger partial charge in [-0.2, -0.15) is 0 Å². The molecule has 0 saturated heterocycles. The van der Waals surface area contributed by atoms with Gasteiger partial charge in [-0.1, -0.05) is 6.07 Å². The predicted molar refractivity (Wildman–Crippen MR) is 69.4 cm³/mol. The SMILES string of the molecule is Cc1cc(SCc2cccnc2)ccc1N. The quantitative estimate of drug-likeness (QED) is 0.649. The monoisotopic (exact) mass is 230 g/mol. The second-order valence-electron chi connectivity index (χ2n) is 3.67. The first-order valence-electron chi connectivity index (χ1n) is 5.13. The molecule has 82 valence electrons. The number of hydrogen-bond donors (Lipinski definition) is 1. The molecule has 0 aliphatic heterocycles. The molecule has 2 aromatic rings. The number of nitrogens with two attached hydrogens (primary N) is 1. The fraction of sp³-hybridized carbons (Fsp3) is 0.154. The fourth-order valence-electron chi connectivity index (χ4n) is 1.39. The number of aryl methyl sites for hydroxylation is 1. The smallest absolute Gasteiger partial charge is 0.0344 e. The second-order valence-corrected chi connectivity index (χ2v) is 4.72. The van der Waals surface area contributed by atoms with E-state index >= 15 is 0 Å². The van der Waals surface area contributed by atoms with Crippen LogP contribution in [0.4, 0.5) is 5.69 Å². The number of nitrogens with zero attached hydrogens (tertiary/aromatic N) is 1. The van der Waals surface area contributed by atoms with E-state index < -0.39 is 0 Å². The van der Waals surface area contributed by atoms with E-state index in [1.807, 2.05) is 25.3 Å². The van der Waals surface area contributed by atoms with Crippen LogP contribution in [0.2, 0.25) is 0 Å². The minimum atomic E-state index is 0.853. The number of thioether (sulfide) groups is 1. The summed E-state index contributed by atoms with van der Waals surface area (Å²) < 4.78 is 0. The van der Waals surface area contributed by atoms with Crippen molar-refractivity contribution in [2.75, 3.05) is 5.73 Å². The Hall–Kier alpha value is -1.48. The lowest BCUT2D eigenvalue weighted by molar-refractivity contribution is 1.25. The summed E-state index contributed by atoms with van der Waals surface area (Å²) in [5.74, 6) is 0.942. The average Bonchev–Trinajstić information content (AvgIpc) is 2.32. The summed E-state index contributed by atoms with van der Waals surface area (Å²) in [5, 5.41) is 0. The van der Waals surface area contributed by atoms with Crippen LogP contribution >= 0.6 is 11.8 Å². The lowest BCUT2D eigenvalue weighted by Crippen LogP contribution is -1.89. The van der Waals surface area contributed by atoms with Crippen LogP contribution in [0.25, 0.3) is 0 Å². The molecule has 0 amide bonds. The van der Waals surface area contributed by atoms with E-state index in [9.17, 15) is 0 Å². The predicted octanol–water partition coefficient (Wildman–Crippen LogP) is 3.26. The molecular weight excluding hydrogens is 216 g/mol.